The van der Waals surface area contributed by atoms with Gasteiger partial charge in [0, 0.05) is 22.3 Å². The van der Waals surface area contributed by atoms with Gasteiger partial charge < -0.3 is 15.5 Å². The van der Waals surface area contributed by atoms with Gasteiger partial charge in [-0.2, -0.15) is 0 Å². The number of likely N-dealkylation sites (N-methyl/N-ethyl adjacent to an activating group) is 1. The second-order valence-corrected chi connectivity index (χ2v) is 6.76. The van der Waals surface area contributed by atoms with E-state index in [0.717, 1.165) is 12.1 Å². The summed E-state index contributed by atoms with van der Waals surface area (Å²) in [5.41, 5.74) is 0.810. The fourth-order valence-corrected chi connectivity index (χ4v) is 2.70. The van der Waals surface area contributed by atoms with E-state index in [9.17, 15) is 18.4 Å². The van der Waals surface area contributed by atoms with Crippen molar-refractivity contribution in [3.05, 3.63) is 64.7 Å². The molecule has 0 heterocycles. The van der Waals surface area contributed by atoms with Crippen LogP contribution in [0.4, 0.5) is 14.5 Å². The van der Waals surface area contributed by atoms with E-state index in [2.05, 4.69) is 10.6 Å². The lowest BCUT2D eigenvalue weighted by atomic mass is 10.1. The van der Waals surface area contributed by atoms with E-state index in [4.69, 9.17) is 11.6 Å². The molecule has 0 bridgehead atoms. The molecule has 0 fully saturated rings. The first-order chi connectivity index (χ1) is 12.7. The van der Waals surface area contributed by atoms with E-state index >= 15 is 0 Å². The molecule has 0 aliphatic carbocycles. The maximum atomic E-state index is 13.8. The van der Waals surface area contributed by atoms with Crippen LogP contribution in [0.2, 0.25) is 5.02 Å². The molecule has 0 spiro atoms. The number of halogens is 3. The van der Waals surface area contributed by atoms with Crippen molar-refractivity contribution in [2.45, 2.75) is 13.0 Å². The van der Waals surface area contributed by atoms with Crippen molar-refractivity contribution in [3.8, 4) is 0 Å². The number of carbonyl (C=O) groups excluding carboxylic acids is 2. The maximum absolute atomic E-state index is 13.8. The zero-order valence-corrected chi connectivity index (χ0v) is 15.7. The Kier molecular flexibility index (Phi) is 7.27. The van der Waals surface area contributed by atoms with E-state index in [0.29, 0.717) is 15.6 Å². The average molecular weight is 397 g/mol. The molecule has 0 aliphatic heterocycles. The highest BCUT2D eigenvalue weighted by molar-refractivity contribution is 6.30. The summed E-state index contributed by atoms with van der Waals surface area (Å²) in [6.45, 7) is 1.72. The lowest BCUT2D eigenvalue weighted by molar-refractivity contribution is -0.862. The molecule has 3 N–H and O–H groups in total. The number of quaternary nitrogens is 1. The highest BCUT2D eigenvalue weighted by Gasteiger charge is 2.18. The second-order valence-electron chi connectivity index (χ2n) is 6.32. The van der Waals surface area contributed by atoms with Gasteiger partial charge in [0.1, 0.15) is 11.6 Å². The molecule has 0 saturated heterocycles. The molecule has 2 aromatic carbocycles. The highest BCUT2D eigenvalue weighted by atomic mass is 35.5. The number of rotatable bonds is 7. The third-order valence-corrected chi connectivity index (χ3v) is 4.11. The zero-order valence-electron chi connectivity index (χ0n) is 15.0. The Hall–Kier alpha value is -2.51. The molecule has 2 atom stereocenters. The molecule has 0 aliphatic rings. The Balaban J connectivity index is 1.82. The SMILES string of the molecule is C[C@H](NC(=O)C[NH+](C)CC(=O)Nc1ccc(Cl)cc1)c1ccc(F)cc1F. The minimum atomic E-state index is -0.717. The molecule has 5 nitrogen and oxygen atoms in total. The predicted octanol–water partition coefficient (Wildman–Crippen LogP) is 1.95. The van der Waals surface area contributed by atoms with Crippen molar-refractivity contribution in [2.24, 2.45) is 0 Å². The van der Waals surface area contributed by atoms with Gasteiger partial charge in [-0.05, 0) is 37.3 Å². The van der Waals surface area contributed by atoms with Crippen LogP contribution in [0.5, 0.6) is 0 Å². The summed E-state index contributed by atoms with van der Waals surface area (Å²) in [5, 5.41) is 5.93. The molecule has 2 aromatic rings. The van der Waals surface area contributed by atoms with Gasteiger partial charge in [-0.25, -0.2) is 8.78 Å². The maximum Gasteiger partial charge on any atom is 0.279 e. The standard InChI is InChI=1S/C19H20ClF2N3O2/c1-12(16-8-5-14(21)9-17(16)22)23-18(26)10-25(2)11-19(27)24-15-6-3-13(20)4-7-15/h3-9,12H,10-11H2,1-2H3,(H,23,26)(H,24,27)/p+1/t12-/m0/s1. The summed E-state index contributed by atoms with van der Waals surface area (Å²) < 4.78 is 26.7. The average Bonchev–Trinajstić information content (AvgIpc) is 2.56. The van der Waals surface area contributed by atoms with E-state index < -0.39 is 17.7 Å². The lowest BCUT2D eigenvalue weighted by Crippen LogP contribution is -3.11. The summed E-state index contributed by atoms with van der Waals surface area (Å²) in [5.74, 6) is -1.99. The van der Waals surface area contributed by atoms with Gasteiger partial charge in [0.25, 0.3) is 11.8 Å². The van der Waals surface area contributed by atoms with Crippen molar-refractivity contribution in [3.63, 3.8) is 0 Å². The Morgan fingerprint density at radius 3 is 2.33 bits per heavy atom. The van der Waals surface area contributed by atoms with E-state index in [1.807, 2.05) is 0 Å². The summed E-state index contributed by atoms with van der Waals surface area (Å²) in [6.07, 6.45) is 0. The molecule has 2 rings (SSSR count). The summed E-state index contributed by atoms with van der Waals surface area (Å²) in [4.78, 5) is 24.8. The van der Waals surface area contributed by atoms with Crippen molar-refractivity contribution in [1.29, 1.82) is 0 Å². The topological polar surface area (TPSA) is 62.6 Å². The van der Waals surface area contributed by atoms with Crippen LogP contribution < -0.4 is 15.5 Å². The molecule has 0 saturated carbocycles. The molecule has 27 heavy (non-hydrogen) atoms. The van der Waals surface area contributed by atoms with Crippen LogP contribution in [-0.4, -0.2) is 32.0 Å². The monoisotopic (exact) mass is 396 g/mol. The van der Waals surface area contributed by atoms with Gasteiger partial charge in [-0.3, -0.25) is 9.59 Å². The number of benzene rings is 2. The first kappa shape index (κ1) is 20.8. The van der Waals surface area contributed by atoms with Gasteiger partial charge >= 0.3 is 0 Å². The number of hydrogen-bond donors (Lipinski definition) is 3. The van der Waals surface area contributed by atoms with Crippen LogP contribution >= 0.6 is 11.6 Å². The Morgan fingerprint density at radius 1 is 1.07 bits per heavy atom. The number of carbonyl (C=O) groups is 2. The van der Waals surface area contributed by atoms with E-state index in [-0.39, 0.29) is 30.5 Å². The molecule has 144 valence electrons. The van der Waals surface area contributed by atoms with Crippen LogP contribution in [0, 0.1) is 11.6 Å². The number of hydrogen-bond acceptors (Lipinski definition) is 2. The lowest BCUT2D eigenvalue weighted by Gasteiger charge is -2.17. The first-order valence-corrected chi connectivity index (χ1v) is 8.73. The zero-order chi connectivity index (χ0) is 20.0. The normalized spacial score (nSPS) is 12.9. The molecule has 8 heteroatoms. The second kappa shape index (κ2) is 9.43. The fraction of sp³-hybridized carbons (Fsp3) is 0.263. The first-order valence-electron chi connectivity index (χ1n) is 8.35. The third kappa shape index (κ3) is 6.62. The number of nitrogens with one attached hydrogen (secondary N) is 3. The van der Waals surface area contributed by atoms with Crippen LogP contribution in [-0.2, 0) is 9.59 Å². The van der Waals surface area contributed by atoms with Crippen molar-refractivity contribution in [2.75, 3.05) is 25.5 Å². The smallest absolute Gasteiger partial charge is 0.279 e. The Labute approximate surface area is 161 Å². The van der Waals surface area contributed by atoms with Gasteiger partial charge in [0.05, 0.1) is 13.1 Å². The van der Waals surface area contributed by atoms with Gasteiger partial charge in [0.2, 0.25) is 0 Å². The quantitative estimate of drug-likeness (QED) is 0.670. The van der Waals surface area contributed by atoms with Crippen molar-refractivity contribution in [1.82, 2.24) is 5.32 Å². The van der Waals surface area contributed by atoms with Crippen LogP contribution in [0.25, 0.3) is 0 Å². The van der Waals surface area contributed by atoms with Gasteiger partial charge in [-0.1, -0.05) is 17.7 Å². The molecule has 0 radical (unpaired) electrons. The minimum absolute atomic E-state index is 0.0290. The van der Waals surface area contributed by atoms with Crippen LogP contribution in [0.3, 0.4) is 0 Å². The number of anilines is 1. The molecular weight excluding hydrogens is 376 g/mol. The molecule has 1 unspecified atom stereocenters. The van der Waals surface area contributed by atoms with E-state index in [1.54, 1.807) is 38.2 Å². The Bertz CT molecular complexity index is 815. The summed E-state index contributed by atoms with van der Waals surface area (Å²) >= 11 is 5.79. The van der Waals surface area contributed by atoms with Gasteiger partial charge in [0.15, 0.2) is 13.1 Å². The van der Waals surface area contributed by atoms with Crippen molar-refractivity contribution < 1.29 is 23.3 Å². The molecule has 2 amide bonds. The van der Waals surface area contributed by atoms with Crippen LogP contribution in [0.15, 0.2) is 42.5 Å². The van der Waals surface area contributed by atoms with Crippen molar-refractivity contribution >= 4 is 29.1 Å². The van der Waals surface area contributed by atoms with Crippen LogP contribution in [0.1, 0.15) is 18.5 Å². The minimum Gasteiger partial charge on any atom is -0.345 e. The predicted molar refractivity (Wildman–Crippen MR) is 99.6 cm³/mol. The summed E-state index contributed by atoms with van der Waals surface area (Å²) in [6, 6.07) is 9.28. The molecular formula is C19H21ClF2N3O2+. The fourth-order valence-electron chi connectivity index (χ4n) is 2.57. The molecule has 0 aromatic heterocycles. The van der Waals surface area contributed by atoms with E-state index in [1.165, 1.54) is 6.07 Å². The van der Waals surface area contributed by atoms with Gasteiger partial charge in [-0.15, -0.1) is 0 Å². The summed E-state index contributed by atoms with van der Waals surface area (Å²) in [7, 11) is 1.70. The Morgan fingerprint density at radius 2 is 1.70 bits per heavy atom. The largest absolute Gasteiger partial charge is 0.345 e. The third-order valence-electron chi connectivity index (χ3n) is 3.86. The highest BCUT2D eigenvalue weighted by Crippen LogP contribution is 2.17. The number of amides is 2.